The standard InChI is InChI=1S/C22H33N5O2.HI/c1-4-12-23-22(24-15-21(29)25(2)3)27-16-17(18-8-5-6-9-19(18)27)11-14-26-13-7-10-20(26)28;/h5-6,8-9,17H,4,7,10-16H2,1-3H3,(H,23,24);1H. The predicted octanol–water partition coefficient (Wildman–Crippen LogP) is 2.66. The zero-order valence-corrected chi connectivity index (χ0v) is 20.6. The average Bonchev–Trinajstić information content (AvgIpc) is 3.29. The molecule has 2 amide bonds. The highest BCUT2D eigenvalue weighted by Crippen LogP contribution is 2.38. The van der Waals surface area contributed by atoms with Crippen molar-refractivity contribution in [1.29, 1.82) is 0 Å². The van der Waals surface area contributed by atoms with Crippen LogP contribution in [-0.2, 0) is 9.59 Å². The maximum atomic E-state index is 12.1. The van der Waals surface area contributed by atoms with Crippen LogP contribution in [0.4, 0.5) is 5.69 Å². The molecule has 0 aliphatic carbocycles. The second-order valence-electron chi connectivity index (χ2n) is 7.99. The lowest BCUT2D eigenvalue weighted by Crippen LogP contribution is -2.42. The van der Waals surface area contributed by atoms with Gasteiger partial charge in [-0.05, 0) is 30.9 Å². The van der Waals surface area contributed by atoms with Crippen molar-refractivity contribution in [2.24, 2.45) is 4.99 Å². The van der Waals surface area contributed by atoms with Crippen LogP contribution in [0.15, 0.2) is 29.3 Å². The molecule has 166 valence electrons. The number of para-hydroxylation sites is 1. The van der Waals surface area contributed by atoms with Gasteiger partial charge in [-0.15, -0.1) is 24.0 Å². The highest BCUT2D eigenvalue weighted by atomic mass is 127. The third-order valence-corrected chi connectivity index (χ3v) is 5.64. The number of carbonyl (C=O) groups excluding carboxylic acids is 2. The van der Waals surface area contributed by atoms with E-state index in [0.29, 0.717) is 12.3 Å². The van der Waals surface area contributed by atoms with Gasteiger partial charge in [-0.1, -0.05) is 25.1 Å². The van der Waals surface area contributed by atoms with E-state index in [-0.39, 0.29) is 42.3 Å². The molecule has 1 fully saturated rings. The van der Waals surface area contributed by atoms with Crippen molar-refractivity contribution in [3.63, 3.8) is 0 Å². The van der Waals surface area contributed by atoms with Crippen LogP contribution in [0.5, 0.6) is 0 Å². The number of hydrogen-bond donors (Lipinski definition) is 1. The maximum absolute atomic E-state index is 12.1. The van der Waals surface area contributed by atoms with E-state index in [1.807, 2.05) is 11.0 Å². The van der Waals surface area contributed by atoms with Crippen molar-refractivity contribution in [2.45, 2.75) is 38.5 Å². The van der Waals surface area contributed by atoms with Crippen LogP contribution in [0, 0.1) is 0 Å². The summed E-state index contributed by atoms with van der Waals surface area (Å²) in [4.78, 5) is 34.4. The summed E-state index contributed by atoms with van der Waals surface area (Å²) in [5, 5.41) is 3.41. The van der Waals surface area contributed by atoms with Crippen molar-refractivity contribution in [3.05, 3.63) is 29.8 Å². The number of nitrogens with zero attached hydrogens (tertiary/aromatic N) is 4. The molecule has 30 heavy (non-hydrogen) atoms. The van der Waals surface area contributed by atoms with Crippen molar-refractivity contribution in [2.75, 3.05) is 51.7 Å². The predicted molar refractivity (Wildman–Crippen MR) is 132 cm³/mol. The first kappa shape index (κ1) is 24.4. The fourth-order valence-corrected chi connectivity index (χ4v) is 3.95. The van der Waals surface area contributed by atoms with E-state index in [9.17, 15) is 9.59 Å². The number of anilines is 1. The van der Waals surface area contributed by atoms with Gasteiger partial charge in [0, 0.05) is 58.3 Å². The molecule has 8 heteroatoms. The molecule has 1 aromatic rings. The maximum Gasteiger partial charge on any atom is 0.243 e. The summed E-state index contributed by atoms with van der Waals surface area (Å²) < 4.78 is 0. The number of benzene rings is 1. The number of fused-ring (bicyclic) bond motifs is 1. The molecule has 1 saturated heterocycles. The number of rotatable bonds is 7. The normalized spacial score (nSPS) is 18.3. The molecule has 0 radical (unpaired) electrons. The number of likely N-dealkylation sites (tertiary alicyclic amines) is 1. The summed E-state index contributed by atoms with van der Waals surface area (Å²) in [7, 11) is 3.50. The minimum Gasteiger partial charge on any atom is -0.356 e. The largest absolute Gasteiger partial charge is 0.356 e. The Labute approximate surface area is 196 Å². The van der Waals surface area contributed by atoms with E-state index in [1.54, 1.807) is 19.0 Å². The van der Waals surface area contributed by atoms with Crippen LogP contribution >= 0.6 is 24.0 Å². The first-order valence-electron chi connectivity index (χ1n) is 10.6. The molecule has 0 spiro atoms. The SMILES string of the molecule is CCCNC(=NCC(=O)N(C)C)N1CC(CCN2CCCC2=O)c2ccccc21.I. The fourth-order valence-electron chi connectivity index (χ4n) is 3.95. The Balaban J connectivity index is 0.00000320. The summed E-state index contributed by atoms with van der Waals surface area (Å²) in [6, 6.07) is 8.41. The van der Waals surface area contributed by atoms with E-state index in [4.69, 9.17) is 0 Å². The molecule has 0 aromatic heterocycles. The van der Waals surface area contributed by atoms with Gasteiger partial charge in [-0.3, -0.25) is 9.59 Å². The summed E-state index contributed by atoms with van der Waals surface area (Å²) >= 11 is 0. The third kappa shape index (κ3) is 5.86. The van der Waals surface area contributed by atoms with Crippen molar-refractivity contribution in [1.82, 2.24) is 15.1 Å². The topological polar surface area (TPSA) is 68.2 Å². The molecule has 2 aliphatic rings. The molecule has 1 unspecified atom stereocenters. The molecule has 3 rings (SSSR count). The zero-order valence-electron chi connectivity index (χ0n) is 18.3. The van der Waals surface area contributed by atoms with Crippen LogP contribution in [0.1, 0.15) is 44.1 Å². The fraction of sp³-hybridized carbons (Fsp3) is 0.591. The van der Waals surface area contributed by atoms with E-state index in [0.717, 1.165) is 57.1 Å². The van der Waals surface area contributed by atoms with Crippen molar-refractivity contribution >= 4 is 47.4 Å². The van der Waals surface area contributed by atoms with Crippen LogP contribution in [0.3, 0.4) is 0 Å². The zero-order chi connectivity index (χ0) is 20.8. The highest BCUT2D eigenvalue weighted by molar-refractivity contribution is 14.0. The molecular weight excluding hydrogens is 493 g/mol. The number of nitrogens with one attached hydrogen (secondary N) is 1. The van der Waals surface area contributed by atoms with E-state index < -0.39 is 0 Å². The van der Waals surface area contributed by atoms with Gasteiger partial charge in [0.1, 0.15) is 6.54 Å². The Morgan fingerprint density at radius 3 is 2.73 bits per heavy atom. The van der Waals surface area contributed by atoms with Gasteiger partial charge in [-0.2, -0.15) is 0 Å². The van der Waals surface area contributed by atoms with Gasteiger partial charge in [0.25, 0.3) is 0 Å². The summed E-state index contributed by atoms with van der Waals surface area (Å²) in [6.07, 6.45) is 3.59. The molecule has 1 N–H and O–H groups in total. The lowest BCUT2D eigenvalue weighted by atomic mass is 9.98. The monoisotopic (exact) mass is 527 g/mol. The summed E-state index contributed by atoms with van der Waals surface area (Å²) in [5.74, 6) is 1.37. The molecule has 2 aliphatic heterocycles. The lowest BCUT2D eigenvalue weighted by molar-refractivity contribution is -0.128. The summed E-state index contributed by atoms with van der Waals surface area (Å²) in [6.45, 7) is 5.55. The van der Waals surface area contributed by atoms with Crippen LogP contribution in [-0.4, -0.2) is 74.4 Å². The van der Waals surface area contributed by atoms with Crippen LogP contribution < -0.4 is 10.2 Å². The molecule has 2 heterocycles. The number of likely N-dealkylation sites (N-methyl/N-ethyl adjacent to an activating group) is 1. The Morgan fingerprint density at radius 2 is 2.07 bits per heavy atom. The number of hydrogen-bond acceptors (Lipinski definition) is 3. The molecule has 0 saturated carbocycles. The van der Waals surface area contributed by atoms with Crippen LogP contribution in [0.25, 0.3) is 0 Å². The Hall–Kier alpha value is -1.84. The van der Waals surface area contributed by atoms with Gasteiger partial charge in [0.05, 0.1) is 0 Å². The van der Waals surface area contributed by atoms with E-state index >= 15 is 0 Å². The minimum atomic E-state index is -0.0163. The lowest BCUT2D eigenvalue weighted by Gasteiger charge is -2.24. The molecule has 1 aromatic carbocycles. The first-order valence-corrected chi connectivity index (χ1v) is 10.6. The average molecular weight is 527 g/mol. The first-order chi connectivity index (χ1) is 14.0. The Morgan fingerprint density at radius 1 is 1.30 bits per heavy atom. The second kappa shape index (κ2) is 11.5. The van der Waals surface area contributed by atoms with Crippen molar-refractivity contribution in [3.8, 4) is 0 Å². The van der Waals surface area contributed by atoms with Gasteiger partial charge >= 0.3 is 0 Å². The van der Waals surface area contributed by atoms with Crippen molar-refractivity contribution < 1.29 is 9.59 Å². The minimum absolute atomic E-state index is 0. The van der Waals surface area contributed by atoms with Crippen LogP contribution in [0.2, 0.25) is 0 Å². The molecule has 7 nitrogen and oxygen atoms in total. The Kier molecular flexibility index (Phi) is 9.38. The van der Waals surface area contributed by atoms with E-state index in [1.165, 1.54) is 5.56 Å². The number of aliphatic imine (C=N–C) groups is 1. The van der Waals surface area contributed by atoms with Gasteiger partial charge in [0.2, 0.25) is 11.8 Å². The number of guanidine groups is 1. The quantitative estimate of drug-likeness (QED) is 0.337. The van der Waals surface area contributed by atoms with Gasteiger partial charge in [0.15, 0.2) is 5.96 Å². The third-order valence-electron chi connectivity index (χ3n) is 5.64. The van der Waals surface area contributed by atoms with Gasteiger partial charge in [-0.25, -0.2) is 4.99 Å². The molecule has 0 bridgehead atoms. The Bertz CT molecular complexity index is 768. The molecule has 1 atom stereocenters. The number of carbonyl (C=O) groups is 2. The molecular formula is C22H34IN5O2. The smallest absolute Gasteiger partial charge is 0.243 e. The number of amides is 2. The highest BCUT2D eigenvalue weighted by Gasteiger charge is 2.32. The summed E-state index contributed by atoms with van der Waals surface area (Å²) in [5.41, 5.74) is 2.44. The van der Waals surface area contributed by atoms with E-state index in [2.05, 4.69) is 40.3 Å². The number of halogens is 1. The van der Waals surface area contributed by atoms with Gasteiger partial charge < -0.3 is 20.0 Å². The second-order valence-corrected chi connectivity index (χ2v) is 7.99.